The van der Waals surface area contributed by atoms with E-state index in [1.165, 1.54) is 0 Å². The molecule has 0 aliphatic rings. The number of hydrogen-bond acceptors (Lipinski definition) is 3. The zero-order valence-electron chi connectivity index (χ0n) is 13.4. The molecule has 22 heavy (non-hydrogen) atoms. The van der Waals surface area contributed by atoms with E-state index in [-0.39, 0.29) is 5.78 Å². The molecule has 118 valence electrons. The van der Waals surface area contributed by atoms with Crippen LogP contribution in [0.5, 0.6) is 0 Å². The van der Waals surface area contributed by atoms with E-state index < -0.39 is 6.10 Å². The Labute approximate surface area is 132 Å². The van der Waals surface area contributed by atoms with Crippen LogP contribution in [0.15, 0.2) is 60.7 Å². The second-order valence-corrected chi connectivity index (χ2v) is 5.05. The highest BCUT2D eigenvalue weighted by atomic mass is 16.5. The third-order valence-corrected chi connectivity index (χ3v) is 2.92. The van der Waals surface area contributed by atoms with Crippen molar-refractivity contribution in [1.82, 2.24) is 0 Å². The van der Waals surface area contributed by atoms with Crippen LogP contribution in [0.3, 0.4) is 0 Å². The van der Waals surface area contributed by atoms with E-state index in [0.29, 0.717) is 17.2 Å². The fourth-order valence-corrected chi connectivity index (χ4v) is 1.88. The molecule has 1 N–H and O–H groups in total. The first-order valence-electron chi connectivity index (χ1n) is 7.50. The number of aliphatic hydroxyl groups excluding tert-OH is 1. The number of ketones is 1. The maximum atomic E-state index is 11.9. The van der Waals surface area contributed by atoms with Crippen LogP contribution >= 0.6 is 0 Å². The predicted octanol–water partition coefficient (Wildman–Crippen LogP) is 4.03. The van der Waals surface area contributed by atoms with Crippen LogP contribution in [0.25, 0.3) is 0 Å². The van der Waals surface area contributed by atoms with Crippen LogP contribution in [0.1, 0.15) is 42.8 Å². The Bertz CT molecular complexity index is 535. The van der Waals surface area contributed by atoms with Crippen molar-refractivity contribution < 1.29 is 14.6 Å². The highest BCUT2D eigenvalue weighted by Gasteiger charge is 2.18. The molecule has 0 heterocycles. The summed E-state index contributed by atoms with van der Waals surface area (Å²) in [6.07, 6.45) is -0.682. The van der Waals surface area contributed by atoms with Gasteiger partial charge in [0, 0.05) is 12.2 Å². The average molecular weight is 300 g/mol. The van der Waals surface area contributed by atoms with Crippen molar-refractivity contribution in [3.63, 3.8) is 0 Å². The number of ether oxygens (including phenoxy) is 1. The quantitative estimate of drug-likeness (QED) is 0.848. The molecule has 3 heteroatoms. The molecule has 2 aromatic carbocycles. The van der Waals surface area contributed by atoms with Gasteiger partial charge in [-0.1, -0.05) is 60.7 Å². The standard InChI is InChI=1S/C14H12O2.C5H12O/c15-13(11-7-3-1-4-8-11)14(16)12-9-5-2-6-10-12;1-4-6-5(2)3/h1-10,13,15H;5H,4H2,1-3H3. The summed E-state index contributed by atoms with van der Waals surface area (Å²) in [5, 5.41) is 9.89. The summed E-state index contributed by atoms with van der Waals surface area (Å²) in [5.74, 6) is -0.271. The molecule has 0 bridgehead atoms. The molecule has 1 atom stereocenters. The Hall–Kier alpha value is -1.97. The topological polar surface area (TPSA) is 46.5 Å². The summed E-state index contributed by atoms with van der Waals surface area (Å²) >= 11 is 0. The van der Waals surface area contributed by atoms with E-state index in [1.54, 1.807) is 48.5 Å². The van der Waals surface area contributed by atoms with E-state index in [2.05, 4.69) is 0 Å². The smallest absolute Gasteiger partial charge is 0.195 e. The molecule has 0 aliphatic carbocycles. The molecule has 0 saturated carbocycles. The van der Waals surface area contributed by atoms with Gasteiger partial charge in [-0.3, -0.25) is 4.79 Å². The number of Topliss-reactive ketones (excluding diaryl/α,β-unsaturated/α-hetero) is 1. The molecule has 0 aromatic heterocycles. The molecule has 0 spiro atoms. The van der Waals surface area contributed by atoms with Crippen molar-refractivity contribution >= 4 is 5.78 Å². The molecular weight excluding hydrogens is 276 g/mol. The third-order valence-electron chi connectivity index (χ3n) is 2.92. The summed E-state index contributed by atoms with van der Waals surface area (Å²) in [4.78, 5) is 11.9. The zero-order chi connectivity index (χ0) is 16.4. The number of carbonyl (C=O) groups is 1. The van der Waals surface area contributed by atoms with Gasteiger partial charge < -0.3 is 9.84 Å². The van der Waals surface area contributed by atoms with E-state index >= 15 is 0 Å². The first-order valence-corrected chi connectivity index (χ1v) is 7.50. The summed E-state index contributed by atoms with van der Waals surface area (Å²) in [7, 11) is 0. The molecule has 0 radical (unpaired) electrons. The molecule has 0 saturated heterocycles. The lowest BCUT2D eigenvalue weighted by atomic mass is 10.0. The molecule has 0 fully saturated rings. The molecule has 2 rings (SSSR count). The van der Waals surface area contributed by atoms with E-state index in [4.69, 9.17) is 4.74 Å². The lowest BCUT2D eigenvalue weighted by Crippen LogP contribution is -2.11. The number of hydrogen-bond donors (Lipinski definition) is 1. The predicted molar refractivity (Wildman–Crippen MR) is 88.9 cm³/mol. The van der Waals surface area contributed by atoms with Gasteiger partial charge in [0.25, 0.3) is 0 Å². The third kappa shape index (κ3) is 6.20. The fourth-order valence-electron chi connectivity index (χ4n) is 1.88. The lowest BCUT2D eigenvalue weighted by molar-refractivity contribution is 0.0747. The molecule has 3 nitrogen and oxygen atoms in total. The fraction of sp³-hybridized carbons (Fsp3) is 0.316. The van der Waals surface area contributed by atoms with Crippen molar-refractivity contribution in [2.75, 3.05) is 6.61 Å². The number of benzene rings is 2. The molecule has 2 aromatic rings. The minimum atomic E-state index is -1.08. The van der Waals surface area contributed by atoms with Gasteiger partial charge in [-0.25, -0.2) is 0 Å². The van der Waals surface area contributed by atoms with Crippen molar-refractivity contribution in [3.8, 4) is 0 Å². The Morgan fingerprint density at radius 2 is 1.50 bits per heavy atom. The SMILES string of the molecule is CCOC(C)C.O=C(c1ccccc1)C(O)c1ccccc1. The second-order valence-electron chi connectivity index (χ2n) is 5.05. The summed E-state index contributed by atoms with van der Waals surface area (Å²) < 4.78 is 5.04. The van der Waals surface area contributed by atoms with E-state index in [0.717, 1.165) is 6.61 Å². The molecule has 1 unspecified atom stereocenters. The van der Waals surface area contributed by atoms with Gasteiger partial charge in [0.1, 0.15) is 6.10 Å². The van der Waals surface area contributed by atoms with Gasteiger partial charge in [0.2, 0.25) is 0 Å². The molecule has 0 amide bonds. The molecule has 0 aliphatic heterocycles. The summed E-state index contributed by atoms with van der Waals surface area (Å²) in [6.45, 7) is 6.89. The Balaban J connectivity index is 0.000000346. The van der Waals surface area contributed by atoms with Crippen molar-refractivity contribution in [1.29, 1.82) is 0 Å². The van der Waals surface area contributed by atoms with Crippen molar-refractivity contribution in [3.05, 3.63) is 71.8 Å². The van der Waals surface area contributed by atoms with Crippen molar-refractivity contribution in [2.24, 2.45) is 0 Å². The van der Waals surface area contributed by atoms with Gasteiger partial charge >= 0.3 is 0 Å². The van der Waals surface area contributed by atoms with E-state index in [1.807, 2.05) is 32.9 Å². The van der Waals surface area contributed by atoms with E-state index in [9.17, 15) is 9.90 Å². The maximum absolute atomic E-state index is 11.9. The van der Waals surface area contributed by atoms with Crippen molar-refractivity contribution in [2.45, 2.75) is 33.0 Å². The highest BCUT2D eigenvalue weighted by Crippen LogP contribution is 2.17. The van der Waals surface area contributed by atoms with Crippen LogP contribution in [0.4, 0.5) is 0 Å². The Morgan fingerprint density at radius 3 is 1.91 bits per heavy atom. The Kier molecular flexibility index (Phi) is 8.11. The summed E-state index contributed by atoms with van der Waals surface area (Å²) in [6, 6.07) is 17.7. The Morgan fingerprint density at radius 1 is 1.00 bits per heavy atom. The van der Waals surface area contributed by atoms with Crippen LogP contribution in [0, 0.1) is 0 Å². The molecular formula is C19H24O3. The maximum Gasteiger partial charge on any atom is 0.195 e. The van der Waals surface area contributed by atoms with Gasteiger partial charge in [-0.2, -0.15) is 0 Å². The van der Waals surface area contributed by atoms with Gasteiger partial charge in [0.15, 0.2) is 5.78 Å². The lowest BCUT2D eigenvalue weighted by Gasteiger charge is -2.09. The minimum Gasteiger partial charge on any atom is -0.380 e. The second kappa shape index (κ2) is 9.87. The summed E-state index contributed by atoms with van der Waals surface area (Å²) in [5.41, 5.74) is 1.15. The largest absolute Gasteiger partial charge is 0.380 e. The van der Waals surface area contributed by atoms with Crippen LogP contribution in [-0.2, 0) is 4.74 Å². The van der Waals surface area contributed by atoms with Crippen LogP contribution in [-0.4, -0.2) is 23.6 Å². The highest BCUT2D eigenvalue weighted by molar-refractivity contribution is 5.99. The monoisotopic (exact) mass is 300 g/mol. The zero-order valence-corrected chi connectivity index (χ0v) is 13.4. The number of aliphatic hydroxyl groups is 1. The normalized spacial score (nSPS) is 11.5. The number of rotatable bonds is 5. The minimum absolute atomic E-state index is 0.271. The number of carbonyl (C=O) groups excluding carboxylic acids is 1. The first kappa shape index (κ1) is 18.1. The van der Waals surface area contributed by atoms with Gasteiger partial charge in [0.05, 0.1) is 6.10 Å². The van der Waals surface area contributed by atoms with Crippen LogP contribution < -0.4 is 0 Å². The first-order chi connectivity index (χ1) is 10.6. The van der Waals surface area contributed by atoms with Crippen LogP contribution in [0.2, 0.25) is 0 Å². The van der Waals surface area contributed by atoms with Gasteiger partial charge in [-0.05, 0) is 26.3 Å². The average Bonchev–Trinajstić information content (AvgIpc) is 2.55. The van der Waals surface area contributed by atoms with Gasteiger partial charge in [-0.15, -0.1) is 0 Å².